The molecule has 0 bridgehead atoms. The number of amides is 1. The highest BCUT2D eigenvalue weighted by Crippen LogP contribution is 2.31. The van der Waals surface area contributed by atoms with Crippen LogP contribution in [0.25, 0.3) is 0 Å². The van der Waals surface area contributed by atoms with Gasteiger partial charge in [0.2, 0.25) is 11.9 Å². The first-order valence-corrected chi connectivity index (χ1v) is 10.9. The number of anilines is 5. The number of aryl methyl sites for hydroxylation is 1. The SMILES string of the molecule is CCN1C(=O)CCCc2ccc(Nc3ncc(Cl)c(Nc4ccc(CC#N)cc4)n3)cc21. The Balaban J connectivity index is 1.55. The second-order valence-corrected chi connectivity index (χ2v) is 7.91. The van der Waals surface area contributed by atoms with Crippen LogP contribution in [-0.2, 0) is 17.6 Å². The van der Waals surface area contributed by atoms with E-state index in [1.807, 2.05) is 48.2 Å². The van der Waals surface area contributed by atoms with Gasteiger partial charge in [-0.05, 0) is 55.2 Å². The van der Waals surface area contributed by atoms with Gasteiger partial charge in [0.25, 0.3) is 0 Å². The molecule has 0 aliphatic carbocycles. The van der Waals surface area contributed by atoms with Gasteiger partial charge < -0.3 is 15.5 Å². The number of nitrogens with one attached hydrogen (secondary N) is 2. The molecule has 1 aromatic heterocycles. The molecule has 0 saturated carbocycles. The van der Waals surface area contributed by atoms with Gasteiger partial charge in [0, 0.05) is 30.0 Å². The highest BCUT2D eigenvalue weighted by atomic mass is 35.5. The van der Waals surface area contributed by atoms with Crippen molar-refractivity contribution in [3.8, 4) is 6.07 Å². The van der Waals surface area contributed by atoms with Crippen LogP contribution >= 0.6 is 11.6 Å². The molecule has 0 fully saturated rings. The topological polar surface area (TPSA) is 93.9 Å². The van der Waals surface area contributed by atoms with Gasteiger partial charge in [0.15, 0.2) is 5.82 Å². The molecule has 162 valence electrons. The minimum atomic E-state index is 0.151. The lowest BCUT2D eigenvalue weighted by Gasteiger charge is -2.22. The summed E-state index contributed by atoms with van der Waals surface area (Å²) in [5.41, 5.74) is 4.65. The minimum absolute atomic E-state index is 0.151. The number of benzene rings is 2. The maximum atomic E-state index is 12.4. The van der Waals surface area contributed by atoms with Crippen LogP contribution in [0, 0.1) is 11.3 Å². The van der Waals surface area contributed by atoms with E-state index in [9.17, 15) is 4.79 Å². The van der Waals surface area contributed by atoms with Gasteiger partial charge in [0.05, 0.1) is 18.7 Å². The van der Waals surface area contributed by atoms with Gasteiger partial charge in [0.1, 0.15) is 5.02 Å². The number of fused-ring (bicyclic) bond motifs is 1. The summed E-state index contributed by atoms with van der Waals surface area (Å²) in [6.45, 7) is 2.62. The Kier molecular flexibility index (Phi) is 6.52. The maximum Gasteiger partial charge on any atom is 0.229 e. The first-order valence-electron chi connectivity index (χ1n) is 10.5. The highest BCUT2D eigenvalue weighted by Gasteiger charge is 2.21. The molecule has 32 heavy (non-hydrogen) atoms. The first kappa shape index (κ1) is 21.6. The second kappa shape index (κ2) is 9.67. The van der Waals surface area contributed by atoms with E-state index in [4.69, 9.17) is 16.9 Å². The average molecular weight is 447 g/mol. The van der Waals surface area contributed by atoms with Gasteiger partial charge in [-0.3, -0.25) is 4.79 Å². The van der Waals surface area contributed by atoms with Gasteiger partial charge in [-0.15, -0.1) is 0 Å². The third kappa shape index (κ3) is 4.82. The second-order valence-electron chi connectivity index (χ2n) is 7.51. The summed E-state index contributed by atoms with van der Waals surface area (Å²) in [6, 6.07) is 15.7. The number of nitrogens with zero attached hydrogens (tertiary/aromatic N) is 4. The van der Waals surface area contributed by atoms with Crippen LogP contribution in [0.2, 0.25) is 5.02 Å². The Bertz CT molecular complexity index is 1170. The van der Waals surface area contributed by atoms with Crippen LogP contribution in [-0.4, -0.2) is 22.4 Å². The maximum absolute atomic E-state index is 12.4. The number of hydrogen-bond acceptors (Lipinski definition) is 6. The summed E-state index contributed by atoms with van der Waals surface area (Å²) in [5.74, 6) is 1.01. The molecule has 0 spiro atoms. The van der Waals surface area contributed by atoms with Crippen molar-refractivity contribution in [3.05, 3.63) is 64.8 Å². The molecule has 0 unspecified atom stereocenters. The molecule has 0 atom stereocenters. The predicted octanol–water partition coefficient (Wildman–Crippen LogP) is 5.37. The number of halogens is 1. The normalized spacial score (nSPS) is 13.2. The van der Waals surface area contributed by atoms with Crippen molar-refractivity contribution in [1.29, 1.82) is 5.26 Å². The lowest BCUT2D eigenvalue weighted by Crippen LogP contribution is -2.29. The van der Waals surface area contributed by atoms with E-state index in [1.54, 1.807) is 0 Å². The lowest BCUT2D eigenvalue weighted by atomic mass is 10.1. The van der Waals surface area contributed by atoms with Crippen LogP contribution in [0.5, 0.6) is 0 Å². The number of carbonyl (C=O) groups excluding carboxylic acids is 1. The fourth-order valence-corrected chi connectivity index (χ4v) is 3.87. The molecular weight excluding hydrogens is 424 g/mol. The summed E-state index contributed by atoms with van der Waals surface area (Å²) in [6.07, 6.45) is 4.22. The van der Waals surface area contributed by atoms with E-state index in [0.717, 1.165) is 35.5 Å². The van der Waals surface area contributed by atoms with E-state index in [1.165, 1.54) is 11.8 Å². The number of rotatable bonds is 6. The van der Waals surface area contributed by atoms with Crippen molar-refractivity contribution < 1.29 is 4.79 Å². The number of nitriles is 1. The van der Waals surface area contributed by atoms with E-state index >= 15 is 0 Å². The molecule has 3 aromatic rings. The molecule has 7 nitrogen and oxygen atoms in total. The largest absolute Gasteiger partial charge is 0.339 e. The molecule has 8 heteroatoms. The van der Waals surface area contributed by atoms with Gasteiger partial charge >= 0.3 is 0 Å². The Morgan fingerprint density at radius 2 is 1.91 bits per heavy atom. The van der Waals surface area contributed by atoms with Crippen molar-refractivity contribution in [2.45, 2.75) is 32.6 Å². The van der Waals surface area contributed by atoms with E-state index < -0.39 is 0 Å². The molecule has 1 amide bonds. The Labute approximate surface area is 192 Å². The Morgan fingerprint density at radius 1 is 1.12 bits per heavy atom. The lowest BCUT2D eigenvalue weighted by molar-refractivity contribution is -0.118. The predicted molar refractivity (Wildman–Crippen MR) is 127 cm³/mol. The molecule has 1 aliphatic rings. The van der Waals surface area contributed by atoms with E-state index in [0.29, 0.717) is 36.2 Å². The summed E-state index contributed by atoms with van der Waals surface area (Å²) >= 11 is 6.29. The van der Waals surface area contributed by atoms with Crippen LogP contribution in [0.3, 0.4) is 0 Å². The van der Waals surface area contributed by atoms with Crippen LogP contribution in [0.15, 0.2) is 48.7 Å². The van der Waals surface area contributed by atoms with Crippen molar-refractivity contribution in [3.63, 3.8) is 0 Å². The smallest absolute Gasteiger partial charge is 0.229 e. The van der Waals surface area contributed by atoms with Gasteiger partial charge in [-0.25, -0.2) is 4.98 Å². The summed E-state index contributed by atoms with van der Waals surface area (Å²) < 4.78 is 0. The van der Waals surface area contributed by atoms with Crippen LogP contribution in [0.1, 0.15) is 30.9 Å². The average Bonchev–Trinajstić information content (AvgIpc) is 2.95. The molecule has 4 rings (SSSR count). The zero-order valence-electron chi connectivity index (χ0n) is 17.7. The van der Waals surface area contributed by atoms with Gasteiger partial charge in [-0.1, -0.05) is 29.8 Å². The van der Waals surface area contributed by atoms with Gasteiger partial charge in [-0.2, -0.15) is 10.2 Å². The standard InChI is InChI=1S/C24H23ClN6O/c1-2-31-21-14-19(11-8-17(21)4-3-5-22(31)32)29-24-27-15-20(25)23(30-24)28-18-9-6-16(7-10-18)12-13-26/h6-11,14-15H,2-5,12H2,1H3,(H2,27,28,29,30). The molecular formula is C24H23ClN6O. The minimum Gasteiger partial charge on any atom is -0.339 e. The highest BCUT2D eigenvalue weighted by molar-refractivity contribution is 6.32. The first-order chi connectivity index (χ1) is 15.6. The summed E-state index contributed by atoms with van der Waals surface area (Å²) in [5, 5.41) is 15.6. The van der Waals surface area contributed by atoms with Crippen molar-refractivity contribution in [1.82, 2.24) is 9.97 Å². The Morgan fingerprint density at radius 3 is 2.66 bits per heavy atom. The molecule has 2 N–H and O–H groups in total. The molecule has 2 heterocycles. The van der Waals surface area contributed by atoms with Crippen molar-refractivity contribution in [2.75, 3.05) is 22.1 Å². The Hall–Kier alpha value is -3.63. The molecule has 1 aliphatic heterocycles. The third-order valence-corrected chi connectivity index (χ3v) is 5.61. The molecule has 0 saturated heterocycles. The van der Waals surface area contributed by atoms with E-state index in [2.05, 4.69) is 32.7 Å². The zero-order valence-corrected chi connectivity index (χ0v) is 18.5. The number of hydrogen-bond donors (Lipinski definition) is 2. The third-order valence-electron chi connectivity index (χ3n) is 5.33. The van der Waals surface area contributed by atoms with E-state index in [-0.39, 0.29) is 5.91 Å². The molecule has 2 aromatic carbocycles. The fraction of sp³-hybridized carbons (Fsp3) is 0.250. The number of aromatic nitrogens is 2. The monoisotopic (exact) mass is 446 g/mol. The van der Waals surface area contributed by atoms with Crippen LogP contribution in [0.4, 0.5) is 28.8 Å². The summed E-state index contributed by atoms with van der Waals surface area (Å²) in [4.78, 5) is 23.1. The molecule has 0 radical (unpaired) electrons. The zero-order chi connectivity index (χ0) is 22.5. The quantitative estimate of drug-likeness (QED) is 0.528. The number of carbonyl (C=O) groups is 1. The summed E-state index contributed by atoms with van der Waals surface area (Å²) in [7, 11) is 0. The van der Waals surface area contributed by atoms with Crippen LogP contribution < -0.4 is 15.5 Å². The van der Waals surface area contributed by atoms with Crippen molar-refractivity contribution >= 4 is 46.3 Å². The fourth-order valence-electron chi connectivity index (χ4n) is 3.73. The van der Waals surface area contributed by atoms with Crippen molar-refractivity contribution in [2.24, 2.45) is 0 Å².